The number of nitrogens with two attached hydrogens (primary N) is 1. The van der Waals surface area contributed by atoms with Crippen LogP contribution in [0.25, 0.3) is 10.8 Å². The van der Waals surface area contributed by atoms with Gasteiger partial charge in [-0.3, -0.25) is 5.32 Å². The molecule has 4 nitrogen and oxygen atoms in total. The van der Waals surface area contributed by atoms with Crippen molar-refractivity contribution in [3.8, 4) is 6.19 Å². The van der Waals surface area contributed by atoms with Gasteiger partial charge in [0.1, 0.15) is 0 Å². The van der Waals surface area contributed by atoms with Crippen molar-refractivity contribution >= 4 is 16.7 Å². The maximum atomic E-state index is 8.47. The van der Waals surface area contributed by atoms with Crippen molar-refractivity contribution in [3.63, 3.8) is 0 Å². The number of aliphatic imine (C=N–C) groups is 1. The van der Waals surface area contributed by atoms with Crippen LogP contribution in [0.2, 0.25) is 0 Å². The number of hydrogen-bond acceptors (Lipinski definition) is 2. The average Bonchev–Trinajstić information content (AvgIpc) is 2.38. The molecule has 0 fully saturated rings. The molecular formula is C14H14N4. The Morgan fingerprint density at radius 1 is 1.28 bits per heavy atom. The standard InChI is InChI=1S/C14H14N4/c1-10(18-14(16)17-9-15)12-8-4-6-11-5-2-3-7-13(11)12/h2-8,10H,1H3,(H3,16,17,18)/t10-/m0/s1. The number of hydrogen-bond donors (Lipinski definition) is 2. The lowest BCUT2D eigenvalue weighted by Crippen LogP contribution is -2.27. The van der Waals surface area contributed by atoms with Gasteiger partial charge in [0, 0.05) is 0 Å². The maximum absolute atomic E-state index is 8.47. The number of benzene rings is 2. The predicted octanol–water partition coefficient (Wildman–Crippen LogP) is 2.29. The van der Waals surface area contributed by atoms with E-state index in [0.717, 1.165) is 10.9 Å². The minimum atomic E-state index is -0.100. The highest BCUT2D eigenvalue weighted by molar-refractivity contribution is 5.86. The summed E-state index contributed by atoms with van der Waals surface area (Å²) in [5.41, 5.74) is 6.68. The summed E-state index contributed by atoms with van der Waals surface area (Å²) in [4.78, 5) is 4.25. The summed E-state index contributed by atoms with van der Waals surface area (Å²) >= 11 is 0. The van der Waals surface area contributed by atoms with Crippen LogP contribution in [0.3, 0.4) is 0 Å². The van der Waals surface area contributed by atoms with Crippen molar-refractivity contribution in [2.24, 2.45) is 10.7 Å². The smallest absolute Gasteiger partial charge is 0.202 e. The Morgan fingerprint density at radius 3 is 2.78 bits per heavy atom. The van der Waals surface area contributed by atoms with Crippen LogP contribution in [0.5, 0.6) is 0 Å². The molecule has 18 heavy (non-hydrogen) atoms. The van der Waals surface area contributed by atoms with Crippen LogP contribution in [0.15, 0.2) is 47.5 Å². The molecule has 0 saturated heterocycles. The summed E-state index contributed by atoms with van der Waals surface area (Å²) in [5, 5.41) is 13.1. The topological polar surface area (TPSA) is 74.2 Å². The third-order valence-corrected chi connectivity index (χ3v) is 2.79. The highest BCUT2D eigenvalue weighted by Gasteiger charge is 2.08. The Morgan fingerprint density at radius 2 is 2.00 bits per heavy atom. The van der Waals surface area contributed by atoms with Gasteiger partial charge in [0.05, 0.1) is 6.04 Å². The van der Waals surface area contributed by atoms with Crippen LogP contribution in [0.1, 0.15) is 18.5 Å². The largest absolute Gasteiger partial charge is 0.369 e. The third-order valence-electron chi connectivity index (χ3n) is 2.79. The fourth-order valence-corrected chi connectivity index (χ4v) is 1.98. The van der Waals surface area contributed by atoms with Gasteiger partial charge in [0.2, 0.25) is 5.96 Å². The lowest BCUT2D eigenvalue weighted by atomic mass is 10.0. The van der Waals surface area contributed by atoms with Crippen LogP contribution in [-0.2, 0) is 0 Å². The van der Waals surface area contributed by atoms with Crippen molar-refractivity contribution in [3.05, 3.63) is 48.0 Å². The summed E-state index contributed by atoms with van der Waals surface area (Å²) < 4.78 is 0. The molecule has 3 N–H and O–H groups in total. The maximum Gasteiger partial charge on any atom is 0.202 e. The van der Waals surface area contributed by atoms with Gasteiger partial charge in [-0.2, -0.15) is 5.26 Å². The van der Waals surface area contributed by atoms with E-state index in [0.29, 0.717) is 0 Å². The Bertz CT molecular complexity index is 620. The summed E-state index contributed by atoms with van der Waals surface area (Å²) in [7, 11) is 0. The second-order valence-corrected chi connectivity index (χ2v) is 4.00. The van der Waals surface area contributed by atoms with Gasteiger partial charge < -0.3 is 5.73 Å². The molecule has 0 radical (unpaired) electrons. The van der Waals surface area contributed by atoms with Crippen molar-refractivity contribution < 1.29 is 0 Å². The van der Waals surface area contributed by atoms with E-state index >= 15 is 0 Å². The van der Waals surface area contributed by atoms with Gasteiger partial charge in [-0.25, -0.2) is 4.99 Å². The molecule has 0 aliphatic heterocycles. The highest BCUT2D eigenvalue weighted by atomic mass is 15.1. The van der Waals surface area contributed by atoms with E-state index < -0.39 is 0 Å². The molecular weight excluding hydrogens is 224 g/mol. The lowest BCUT2D eigenvalue weighted by Gasteiger charge is -2.11. The second kappa shape index (κ2) is 5.19. The molecule has 2 aromatic rings. The zero-order valence-corrected chi connectivity index (χ0v) is 10.1. The molecule has 2 rings (SSSR count). The second-order valence-electron chi connectivity index (χ2n) is 4.00. The third kappa shape index (κ3) is 2.41. The van der Waals surface area contributed by atoms with E-state index in [-0.39, 0.29) is 12.0 Å². The van der Waals surface area contributed by atoms with Crippen molar-refractivity contribution in [1.29, 1.82) is 5.26 Å². The van der Waals surface area contributed by atoms with Gasteiger partial charge in [-0.05, 0) is 23.3 Å². The Kier molecular flexibility index (Phi) is 3.44. The molecule has 0 unspecified atom stereocenters. The van der Waals surface area contributed by atoms with Gasteiger partial charge in [-0.15, -0.1) is 0 Å². The SMILES string of the molecule is C[C@H](N=C(N)NC#N)c1cccc2ccccc12. The quantitative estimate of drug-likeness (QED) is 0.365. The average molecular weight is 238 g/mol. The van der Waals surface area contributed by atoms with Crippen LogP contribution >= 0.6 is 0 Å². The minimum Gasteiger partial charge on any atom is -0.369 e. The van der Waals surface area contributed by atoms with E-state index in [1.807, 2.05) is 31.2 Å². The van der Waals surface area contributed by atoms with Gasteiger partial charge in [0.15, 0.2) is 6.19 Å². The lowest BCUT2D eigenvalue weighted by molar-refractivity contribution is 0.819. The van der Waals surface area contributed by atoms with Crippen LogP contribution in [-0.4, -0.2) is 5.96 Å². The zero-order valence-electron chi connectivity index (χ0n) is 10.1. The number of guanidine groups is 1. The Labute approximate surface area is 106 Å². The molecule has 4 heteroatoms. The summed E-state index contributed by atoms with van der Waals surface area (Å²) in [6.45, 7) is 1.95. The van der Waals surface area contributed by atoms with Gasteiger partial charge in [0.25, 0.3) is 0 Å². The summed E-state index contributed by atoms with van der Waals surface area (Å²) in [6, 6.07) is 14.1. The van der Waals surface area contributed by atoms with Crippen molar-refractivity contribution in [2.45, 2.75) is 13.0 Å². The molecule has 0 amide bonds. The van der Waals surface area contributed by atoms with Crippen molar-refractivity contribution in [1.82, 2.24) is 5.32 Å². The molecule has 0 aliphatic carbocycles. The predicted molar refractivity (Wildman–Crippen MR) is 72.7 cm³/mol. The van der Waals surface area contributed by atoms with E-state index in [4.69, 9.17) is 11.0 Å². The minimum absolute atomic E-state index is 0.100. The molecule has 0 bridgehead atoms. The number of fused-ring (bicyclic) bond motifs is 1. The molecule has 0 aliphatic rings. The number of rotatable bonds is 2. The first kappa shape index (κ1) is 11.9. The van der Waals surface area contributed by atoms with E-state index in [1.54, 1.807) is 6.19 Å². The first-order valence-corrected chi connectivity index (χ1v) is 5.68. The van der Waals surface area contributed by atoms with Gasteiger partial charge >= 0.3 is 0 Å². The first-order chi connectivity index (χ1) is 8.72. The van der Waals surface area contributed by atoms with Crippen LogP contribution < -0.4 is 11.1 Å². The molecule has 0 aromatic heterocycles. The zero-order chi connectivity index (χ0) is 13.0. The molecule has 2 aromatic carbocycles. The number of nitrogens with zero attached hydrogens (tertiary/aromatic N) is 2. The highest BCUT2D eigenvalue weighted by Crippen LogP contribution is 2.26. The first-order valence-electron chi connectivity index (χ1n) is 5.68. The molecule has 1 atom stereocenters. The van der Waals surface area contributed by atoms with Gasteiger partial charge in [-0.1, -0.05) is 42.5 Å². The van der Waals surface area contributed by atoms with E-state index in [2.05, 4.69) is 28.5 Å². The molecule has 0 spiro atoms. The normalized spacial score (nSPS) is 13.0. The molecule has 90 valence electrons. The van der Waals surface area contributed by atoms with E-state index in [9.17, 15) is 0 Å². The van der Waals surface area contributed by atoms with Crippen LogP contribution in [0.4, 0.5) is 0 Å². The summed E-state index contributed by atoms with van der Waals surface area (Å²) in [5.74, 6) is 0.137. The summed E-state index contributed by atoms with van der Waals surface area (Å²) in [6.07, 6.45) is 1.76. The Hall–Kier alpha value is -2.54. The van der Waals surface area contributed by atoms with E-state index in [1.165, 1.54) is 5.39 Å². The molecule has 0 heterocycles. The number of nitriles is 1. The Balaban J connectivity index is 2.42. The fraction of sp³-hybridized carbons (Fsp3) is 0.143. The number of nitrogens with one attached hydrogen (secondary N) is 1. The van der Waals surface area contributed by atoms with Crippen molar-refractivity contribution in [2.75, 3.05) is 0 Å². The van der Waals surface area contributed by atoms with Crippen LogP contribution in [0, 0.1) is 11.5 Å². The monoisotopic (exact) mass is 238 g/mol. The fourth-order valence-electron chi connectivity index (χ4n) is 1.98. The molecule has 0 saturated carbocycles.